The molecule has 1 aromatic carbocycles. The van der Waals surface area contributed by atoms with Gasteiger partial charge in [-0.25, -0.2) is 14.3 Å². The molecule has 1 N–H and O–H groups in total. The first-order valence-electron chi connectivity index (χ1n) is 7.40. The highest BCUT2D eigenvalue weighted by molar-refractivity contribution is 5.71. The van der Waals surface area contributed by atoms with Crippen LogP contribution in [0, 0.1) is 0 Å². The number of hydrogen-bond donors (Lipinski definition) is 1. The molecule has 7 nitrogen and oxygen atoms in total. The van der Waals surface area contributed by atoms with E-state index in [9.17, 15) is 9.59 Å². The van der Waals surface area contributed by atoms with E-state index in [2.05, 4.69) is 15.0 Å². The van der Waals surface area contributed by atoms with Gasteiger partial charge in [0, 0.05) is 6.20 Å². The number of rotatable bonds is 3. The summed E-state index contributed by atoms with van der Waals surface area (Å²) in [6, 6.07) is 14.5. The molecule has 3 aromatic heterocycles. The van der Waals surface area contributed by atoms with Crippen molar-refractivity contribution < 1.29 is 0 Å². The first-order valence-corrected chi connectivity index (χ1v) is 7.40. The number of nitrogens with zero attached hydrogens (tertiary/aromatic N) is 4. The topological polar surface area (TPSA) is 85.6 Å². The minimum Gasteiger partial charge on any atom is -0.339 e. The highest BCUT2D eigenvalue weighted by atomic mass is 16.2. The minimum atomic E-state index is -0.448. The fourth-order valence-corrected chi connectivity index (χ4v) is 2.65. The van der Waals surface area contributed by atoms with E-state index in [0.29, 0.717) is 17.0 Å². The van der Waals surface area contributed by atoms with Crippen LogP contribution >= 0.6 is 0 Å². The van der Waals surface area contributed by atoms with E-state index in [4.69, 9.17) is 0 Å². The summed E-state index contributed by atoms with van der Waals surface area (Å²) in [4.78, 5) is 36.8. The van der Waals surface area contributed by atoms with Gasteiger partial charge in [0.05, 0.1) is 24.3 Å². The van der Waals surface area contributed by atoms with E-state index in [1.807, 2.05) is 24.3 Å². The summed E-state index contributed by atoms with van der Waals surface area (Å²) < 4.78 is 2.59. The molecule has 7 heteroatoms. The third kappa shape index (κ3) is 2.23. The Balaban J connectivity index is 2.01. The Morgan fingerprint density at radius 3 is 2.50 bits per heavy atom. The van der Waals surface area contributed by atoms with Gasteiger partial charge in [-0.05, 0) is 24.3 Å². The number of benzene rings is 1. The molecule has 0 spiro atoms. The van der Waals surface area contributed by atoms with Crippen molar-refractivity contribution in [3.05, 3.63) is 87.6 Å². The molecule has 0 bridgehead atoms. The van der Waals surface area contributed by atoms with Crippen LogP contribution in [0.4, 0.5) is 0 Å². The smallest absolute Gasteiger partial charge is 0.337 e. The number of H-pyrrole nitrogens is 1. The van der Waals surface area contributed by atoms with Crippen LogP contribution in [-0.2, 0) is 6.54 Å². The Hall–Kier alpha value is -3.48. The Morgan fingerprint density at radius 2 is 1.75 bits per heavy atom. The molecule has 4 rings (SSSR count). The van der Waals surface area contributed by atoms with E-state index in [-0.39, 0.29) is 12.1 Å². The Labute approximate surface area is 135 Å². The van der Waals surface area contributed by atoms with Crippen LogP contribution in [0.3, 0.4) is 0 Å². The highest BCUT2D eigenvalue weighted by Gasteiger charge is 2.16. The Bertz CT molecular complexity index is 1110. The highest BCUT2D eigenvalue weighted by Crippen LogP contribution is 2.10. The maximum atomic E-state index is 13.0. The molecule has 0 fully saturated rings. The second-order valence-corrected chi connectivity index (χ2v) is 5.27. The number of pyridine rings is 1. The minimum absolute atomic E-state index is 0.0975. The molecule has 0 aliphatic heterocycles. The summed E-state index contributed by atoms with van der Waals surface area (Å²) in [5.74, 6) is 0. The molecule has 4 aromatic rings. The molecule has 0 saturated carbocycles. The van der Waals surface area contributed by atoms with Crippen molar-refractivity contribution in [2.45, 2.75) is 6.54 Å². The second kappa shape index (κ2) is 5.62. The van der Waals surface area contributed by atoms with Crippen molar-refractivity contribution in [3.8, 4) is 5.69 Å². The summed E-state index contributed by atoms with van der Waals surface area (Å²) in [6.07, 6.45) is 3.04. The molecular weight excluding hydrogens is 306 g/mol. The number of imidazole rings is 1. The average molecular weight is 319 g/mol. The van der Waals surface area contributed by atoms with Gasteiger partial charge in [-0.3, -0.25) is 14.3 Å². The van der Waals surface area contributed by atoms with Gasteiger partial charge < -0.3 is 4.98 Å². The fraction of sp³-hybridized carbons (Fsp3) is 0.0588. The first kappa shape index (κ1) is 14.1. The molecule has 0 aliphatic carbocycles. The molecule has 0 saturated heterocycles. The van der Waals surface area contributed by atoms with Crippen LogP contribution in [0.5, 0.6) is 0 Å². The summed E-state index contributed by atoms with van der Waals surface area (Å²) in [5.41, 5.74) is 1.02. The summed E-state index contributed by atoms with van der Waals surface area (Å²) in [5, 5.41) is 0. The lowest BCUT2D eigenvalue weighted by Gasteiger charge is -2.11. The predicted octanol–water partition coefficient (Wildman–Crippen LogP) is 1.32. The zero-order valence-electron chi connectivity index (χ0n) is 12.6. The lowest BCUT2D eigenvalue weighted by molar-refractivity contribution is 0.671. The lowest BCUT2D eigenvalue weighted by atomic mass is 10.3. The third-order valence-electron chi connectivity index (χ3n) is 3.77. The molecule has 0 amide bonds. The number of fused-ring (bicyclic) bond motifs is 1. The van der Waals surface area contributed by atoms with Gasteiger partial charge in [0.1, 0.15) is 5.52 Å². The van der Waals surface area contributed by atoms with Crippen LogP contribution in [0.25, 0.3) is 16.9 Å². The Morgan fingerprint density at radius 1 is 0.958 bits per heavy atom. The van der Waals surface area contributed by atoms with Gasteiger partial charge in [0.25, 0.3) is 5.56 Å². The number of hydrogen-bond acceptors (Lipinski definition) is 4. The van der Waals surface area contributed by atoms with Crippen LogP contribution in [0.2, 0.25) is 0 Å². The molecule has 0 unspecified atom stereocenters. The van der Waals surface area contributed by atoms with Crippen molar-refractivity contribution in [3.63, 3.8) is 0 Å². The van der Waals surface area contributed by atoms with E-state index in [1.54, 1.807) is 30.5 Å². The maximum absolute atomic E-state index is 13.0. The van der Waals surface area contributed by atoms with Gasteiger partial charge in [0.15, 0.2) is 5.65 Å². The lowest BCUT2D eigenvalue weighted by Crippen LogP contribution is -2.40. The van der Waals surface area contributed by atoms with Gasteiger partial charge in [-0.2, -0.15) is 0 Å². The van der Waals surface area contributed by atoms with E-state index in [1.165, 1.54) is 10.9 Å². The zero-order chi connectivity index (χ0) is 16.5. The molecule has 0 radical (unpaired) electrons. The summed E-state index contributed by atoms with van der Waals surface area (Å²) >= 11 is 0. The normalized spacial score (nSPS) is 11.0. The maximum Gasteiger partial charge on any atom is 0.337 e. The molecule has 118 valence electrons. The standard InChI is InChI=1S/C17H13N5O2/c23-16-14-15(20-11-19-14)22(13-7-2-1-3-8-13)17(24)21(16)10-12-6-4-5-9-18-12/h1-9,11H,10H2,(H,19,20). The number of para-hydroxylation sites is 1. The van der Waals surface area contributed by atoms with Crippen LogP contribution in [0.1, 0.15) is 5.69 Å². The largest absolute Gasteiger partial charge is 0.339 e. The molecule has 0 aliphatic rings. The van der Waals surface area contributed by atoms with Crippen molar-refractivity contribution in [2.75, 3.05) is 0 Å². The van der Waals surface area contributed by atoms with Gasteiger partial charge in [0.2, 0.25) is 0 Å². The first-order chi connectivity index (χ1) is 11.8. The van der Waals surface area contributed by atoms with Gasteiger partial charge in [-0.1, -0.05) is 24.3 Å². The van der Waals surface area contributed by atoms with E-state index in [0.717, 1.165) is 4.57 Å². The molecule has 0 atom stereocenters. The van der Waals surface area contributed by atoms with Crippen molar-refractivity contribution in [1.29, 1.82) is 0 Å². The second-order valence-electron chi connectivity index (χ2n) is 5.27. The third-order valence-corrected chi connectivity index (χ3v) is 3.77. The van der Waals surface area contributed by atoms with Gasteiger partial charge >= 0.3 is 5.69 Å². The zero-order valence-corrected chi connectivity index (χ0v) is 12.6. The van der Waals surface area contributed by atoms with Crippen molar-refractivity contribution in [2.24, 2.45) is 0 Å². The summed E-state index contributed by atoms with van der Waals surface area (Å²) in [7, 11) is 0. The van der Waals surface area contributed by atoms with E-state index >= 15 is 0 Å². The fourth-order valence-electron chi connectivity index (χ4n) is 2.65. The Kier molecular flexibility index (Phi) is 3.31. The van der Waals surface area contributed by atoms with Crippen LogP contribution in [-0.4, -0.2) is 24.1 Å². The van der Waals surface area contributed by atoms with Gasteiger partial charge in [-0.15, -0.1) is 0 Å². The number of nitrogens with one attached hydrogen (secondary N) is 1. The number of aromatic nitrogens is 5. The average Bonchev–Trinajstić information content (AvgIpc) is 3.10. The van der Waals surface area contributed by atoms with Crippen molar-refractivity contribution >= 4 is 11.2 Å². The summed E-state index contributed by atoms with van der Waals surface area (Å²) in [6.45, 7) is 0.0975. The van der Waals surface area contributed by atoms with E-state index < -0.39 is 11.2 Å². The SMILES string of the molecule is O=c1c2[nH]cnc2n(-c2ccccc2)c(=O)n1Cc1ccccn1. The monoisotopic (exact) mass is 319 g/mol. The quantitative estimate of drug-likeness (QED) is 0.617. The van der Waals surface area contributed by atoms with Crippen LogP contribution < -0.4 is 11.2 Å². The van der Waals surface area contributed by atoms with Crippen molar-refractivity contribution in [1.82, 2.24) is 24.1 Å². The van der Waals surface area contributed by atoms with Crippen LogP contribution in [0.15, 0.2) is 70.6 Å². The molecule has 3 heterocycles. The molecular formula is C17H13N5O2. The predicted molar refractivity (Wildman–Crippen MR) is 89.3 cm³/mol. The molecule has 24 heavy (non-hydrogen) atoms. The number of aromatic amines is 1.